The predicted octanol–water partition coefficient (Wildman–Crippen LogP) is 1.01. The molecule has 1 atom stereocenters. The summed E-state index contributed by atoms with van der Waals surface area (Å²) >= 11 is 5.38. The van der Waals surface area contributed by atoms with E-state index in [-0.39, 0.29) is 11.3 Å². The van der Waals surface area contributed by atoms with Crippen LogP contribution in [0, 0.1) is 0 Å². The Labute approximate surface area is 90.2 Å². The van der Waals surface area contributed by atoms with Crippen LogP contribution in [-0.4, -0.2) is 43.7 Å². The van der Waals surface area contributed by atoms with Crippen molar-refractivity contribution in [3.05, 3.63) is 0 Å². The van der Waals surface area contributed by atoms with Crippen LogP contribution in [0.3, 0.4) is 0 Å². The van der Waals surface area contributed by atoms with E-state index < -0.39 is 10.0 Å². The topological polar surface area (TPSA) is 46.6 Å². The minimum atomic E-state index is -3.28. The molecule has 0 aromatic carbocycles. The number of nitrogens with zero attached hydrogens (tertiary/aromatic N) is 1. The van der Waals surface area contributed by atoms with Crippen LogP contribution in [0.15, 0.2) is 0 Å². The minimum absolute atomic E-state index is 0.0490. The first kappa shape index (κ1) is 12.2. The summed E-state index contributed by atoms with van der Waals surface area (Å²) in [6.45, 7) is 3.43. The lowest BCUT2D eigenvalue weighted by atomic mass is 10.2. The van der Waals surface area contributed by atoms with Crippen molar-refractivity contribution < 1.29 is 13.2 Å². The fourth-order valence-corrected chi connectivity index (χ4v) is 2.86. The first-order chi connectivity index (χ1) is 6.60. The Hall–Kier alpha value is 0.160. The van der Waals surface area contributed by atoms with Crippen molar-refractivity contribution in [2.75, 3.05) is 24.9 Å². The van der Waals surface area contributed by atoms with Gasteiger partial charge in [0, 0.05) is 19.7 Å². The number of hydrogen-bond donors (Lipinski definition) is 0. The summed E-state index contributed by atoms with van der Waals surface area (Å²) in [6.07, 6.45) is 2.00. The summed E-state index contributed by atoms with van der Waals surface area (Å²) in [4.78, 5) is 0. The summed E-state index contributed by atoms with van der Waals surface area (Å²) < 4.78 is 29.7. The third-order valence-electron chi connectivity index (χ3n) is 2.32. The Bertz CT molecular complexity index is 262. The van der Waals surface area contributed by atoms with Crippen LogP contribution in [0.5, 0.6) is 0 Å². The fourth-order valence-electron chi connectivity index (χ4n) is 1.52. The summed E-state index contributed by atoms with van der Waals surface area (Å²) in [7, 11) is -3.28. The lowest BCUT2D eigenvalue weighted by Crippen LogP contribution is -2.37. The average molecular weight is 242 g/mol. The van der Waals surface area contributed by atoms with Gasteiger partial charge in [-0.05, 0) is 12.8 Å². The van der Waals surface area contributed by atoms with Gasteiger partial charge in [0.25, 0.3) is 0 Å². The maximum atomic E-state index is 11.5. The highest BCUT2D eigenvalue weighted by molar-refractivity contribution is 7.90. The molecule has 1 saturated heterocycles. The highest BCUT2D eigenvalue weighted by Crippen LogP contribution is 2.15. The zero-order valence-corrected chi connectivity index (χ0v) is 9.85. The SMILES string of the molecule is CCN(CC1CCCO1)S(=O)(=O)CCl. The minimum Gasteiger partial charge on any atom is -0.377 e. The summed E-state index contributed by atoms with van der Waals surface area (Å²) in [5, 5.41) is -0.354. The van der Waals surface area contributed by atoms with Crippen LogP contribution in [0.1, 0.15) is 19.8 Å². The molecule has 0 spiro atoms. The molecule has 1 aliphatic heterocycles. The molecular formula is C8H16ClNO3S. The Morgan fingerprint density at radius 2 is 2.29 bits per heavy atom. The quantitative estimate of drug-likeness (QED) is 0.675. The second kappa shape index (κ2) is 5.30. The van der Waals surface area contributed by atoms with Crippen molar-refractivity contribution in [2.24, 2.45) is 0 Å². The first-order valence-corrected chi connectivity index (χ1v) is 6.90. The zero-order valence-electron chi connectivity index (χ0n) is 8.28. The van der Waals surface area contributed by atoms with E-state index in [0.29, 0.717) is 13.1 Å². The molecule has 0 saturated carbocycles. The summed E-state index contributed by atoms with van der Waals surface area (Å²) in [5.74, 6) is 0. The van der Waals surface area contributed by atoms with Gasteiger partial charge in [-0.1, -0.05) is 6.92 Å². The fraction of sp³-hybridized carbons (Fsp3) is 1.00. The van der Waals surface area contributed by atoms with Crippen molar-refractivity contribution in [3.8, 4) is 0 Å². The molecule has 1 rings (SSSR count). The smallest absolute Gasteiger partial charge is 0.228 e. The third-order valence-corrected chi connectivity index (χ3v) is 4.61. The number of likely N-dealkylation sites (N-methyl/N-ethyl adjacent to an activating group) is 1. The first-order valence-electron chi connectivity index (χ1n) is 4.75. The standard InChI is InChI=1S/C8H16ClNO3S/c1-2-10(14(11,12)7-9)6-8-4-3-5-13-8/h8H,2-7H2,1H3. The molecular weight excluding hydrogens is 226 g/mol. The largest absolute Gasteiger partial charge is 0.377 e. The highest BCUT2D eigenvalue weighted by atomic mass is 35.5. The van der Waals surface area contributed by atoms with Crippen LogP contribution in [0.25, 0.3) is 0 Å². The van der Waals surface area contributed by atoms with Gasteiger partial charge in [-0.3, -0.25) is 0 Å². The van der Waals surface area contributed by atoms with Gasteiger partial charge in [0.15, 0.2) is 0 Å². The molecule has 6 heteroatoms. The van der Waals surface area contributed by atoms with E-state index >= 15 is 0 Å². The maximum absolute atomic E-state index is 11.5. The Morgan fingerprint density at radius 1 is 1.57 bits per heavy atom. The molecule has 0 bridgehead atoms. The van der Waals surface area contributed by atoms with Crippen LogP contribution < -0.4 is 0 Å². The van der Waals surface area contributed by atoms with Gasteiger partial charge in [-0.15, -0.1) is 11.6 Å². The molecule has 4 nitrogen and oxygen atoms in total. The van der Waals surface area contributed by atoms with Gasteiger partial charge < -0.3 is 4.74 Å². The molecule has 0 aliphatic carbocycles. The van der Waals surface area contributed by atoms with Crippen molar-refractivity contribution in [3.63, 3.8) is 0 Å². The second-order valence-electron chi connectivity index (χ2n) is 3.31. The highest BCUT2D eigenvalue weighted by Gasteiger charge is 2.25. The molecule has 0 N–H and O–H groups in total. The number of alkyl halides is 1. The van der Waals surface area contributed by atoms with Gasteiger partial charge in [-0.25, -0.2) is 8.42 Å². The molecule has 0 aromatic rings. The van der Waals surface area contributed by atoms with E-state index in [2.05, 4.69) is 0 Å². The van der Waals surface area contributed by atoms with Gasteiger partial charge in [-0.2, -0.15) is 4.31 Å². The van der Waals surface area contributed by atoms with E-state index in [0.717, 1.165) is 19.4 Å². The maximum Gasteiger partial charge on any atom is 0.228 e. The predicted molar refractivity (Wildman–Crippen MR) is 55.9 cm³/mol. The number of rotatable bonds is 5. The summed E-state index contributed by atoms with van der Waals surface area (Å²) in [6, 6.07) is 0. The monoisotopic (exact) mass is 241 g/mol. The van der Waals surface area contributed by atoms with Crippen molar-refractivity contribution >= 4 is 21.6 Å². The van der Waals surface area contributed by atoms with E-state index in [1.165, 1.54) is 4.31 Å². The van der Waals surface area contributed by atoms with Gasteiger partial charge in [0.1, 0.15) is 5.21 Å². The van der Waals surface area contributed by atoms with Crippen LogP contribution >= 0.6 is 11.6 Å². The molecule has 0 radical (unpaired) electrons. The van der Waals surface area contributed by atoms with Crippen LogP contribution in [0.2, 0.25) is 0 Å². The number of ether oxygens (including phenoxy) is 1. The molecule has 1 heterocycles. The molecule has 1 aliphatic rings. The van der Waals surface area contributed by atoms with E-state index in [9.17, 15) is 8.42 Å². The van der Waals surface area contributed by atoms with Crippen molar-refractivity contribution in [1.82, 2.24) is 4.31 Å². The van der Waals surface area contributed by atoms with Gasteiger partial charge in [0.2, 0.25) is 10.0 Å². The number of sulfonamides is 1. The Morgan fingerprint density at radius 3 is 2.71 bits per heavy atom. The number of hydrogen-bond acceptors (Lipinski definition) is 3. The average Bonchev–Trinajstić information content (AvgIpc) is 2.66. The Kier molecular flexibility index (Phi) is 4.63. The van der Waals surface area contributed by atoms with Crippen molar-refractivity contribution in [1.29, 1.82) is 0 Å². The van der Waals surface area contributed by atoms with E-state index in [1.807, 2.05) is 0 Å². The lowest BCUT2D eigenvalue weighted by Gasteiger charge is -2.21. The molecule has 1 unspecified atom stereocenters. The Balaban J connectivity index is 2.54. The van der Waals surface area contributed by atoms with Crippen LogP contribution in [-0.2, 0) is 14.8 Å². The van der Waals surface area contributed by atoms with Gasteiger partial charge >= 0.3 is 0 Å². The second-order valence-corrected chi connectivity index (χ2v) is 5.86. The zero-order chi connectivity index (χ0) is 10.6. The lowest BCUT2D eigenvalue weighted by molar-refractivity contribution is 0.0948. The molecule has 0 aromatic heterocycles. The molecule has 0 amide bonds. The molecule has 14 heavy (non-hydrogen) atoms. The summed E-state index contributed by atoms with van der Waals surface area (Å²) in [5.41, 5.74) is 0. The van der Waals surface area contributed by atoms with Gasteiger partial charge in [0.05, 0.1) is 6.10 Å². The third kappa shape index (κ3) is 3.08. The molecule has 1 fully saturated rings. The van der Waals surface area contributed by atoms with E-state index in [1.54, 1.807) is 6.92 Å². The van der Waals surface area contributed by atoms with Crippen LogP contribution in [0.4, 0.5) is 0 Å². The number of halogens is 1. The normalized spacial score (nSPS) is 23.2. The van der Waals surface area contributed by atoms with Crippen molar-refractivity contribution in [2.45, 2.75) is 25.9 Å². The molecule has 84 valence electrons. The van der Waals surface area contributed by atoms with E-state index in [4.69, 9.17) is 16.3 Å².